The Morgan fingerprint density at radius 3 is 2.85 bits per heavy atom. The maximum Gasteiger partial charge on any atom is 0.160 e. The number of fused-ring (bicyclic) bond motifs is 1. The lowest BCUT2D eigenvalue weighted by atomic mass is 10.1. The van der Waals surface area contributed by atoms with Crippen LogP contribution in [0.4, 0.5) is 5.69 Å². The van der Waals surface area contributed by atoms with Crippen molar-refractivity contribution in [3.63, 3.8) is 0 Å². The second kappa shape index (κ2) is 5.25. The van der Waals surface area contributed by atoms with E-state index in [9.17, 15) is 5.11 Å². The van der Waals surface area contributed by atoms with Gasteiger partial charge in [0.2, 0.25) is 0 Å². The number of ether oxygens (including phenoxy) is 1. The summed E-state index contributed by atoms with van der Waals surface area (Å²) in [4.78, 5) is 0. The average Bonchev–Trinajstić information content (AvgIpc) is 2.81. The van der Waals surface area contributed by atoms with Gasteiger partial charge in [-0.1, -0.05) is 17.7 Å². The van der Waals surface area contributed by atoms with Crippen LogP contribution in [0.1, 0.15) is 23.6 Å². The lowest BCUT2D eigenvalue weighted by Crippen LogP contribution is -2.06. The molecule has 3 nitrogen and oxygen atoms in total. The van der Waals surface area contributed by atoms with Gasteiger partial charge in [0.25, 0.3) is 0 Å². The number of phenols is 1. The summed E-state index contributed by atoms with van der Waals surface area (Å²) in [7, 11) is 1.54. The van der Waals surface area contributed by atoms with Gasteiger partial charge in [0, 0.05) is 16.8 Å². The Kier molecular flexibility index (Phi) is 3.45. The van der Waals surface area contributed by atoms with Gasteiger partial charge < -0.3 is 15.2 Å². The number of rotatable bonds is 3. The molecule has 0 aromatic heterocycles. The molecular weight excluding hydrogens is 274 g/mol. The van der Waals surface area contributed by atoms with Gasteiger partial charge in [0.15, 0.2) is 11.5 Å². The second-order valence-electron chi connectivity index (χ2n) is 4.97. The first-order valence-electron chi connectivity index (χ1n) is 6.59. The molecule has 0 heterocycles. The van der Waals surface area contributed by atoms with E-state index in [0.29, 0.717) is 5.75 Å². The molecule has 3 rings (SSSR count). The van der Waals surface area contributed by atoms with Crippen molar-refractivity contribution in [3.05, 3.63) is 52.5 Å². The van der Waals surface area contributed by atoms with Crippen molar-refractivity contribution in [2.45, 2.75) is 18.9 Å². The quantitative estimate of drug-likeness (QED) is 0.892. The zero-order chi connectivity index (χ0) is 14.1. The minimum Gasteiger partial charge on any atom is -0.504 e. The van der Waals surface area contributed by atoms with Crippen LogP contribution in [0, 0.1) is 0 Å². The molecule has 1 aliphatic rings. The van der Waals surface area contributed by atoms with E-state index in [-0.39, 0.29) is 11.8 Å². The molecule has 0 bridgehead atoms. The largest absolute Gasteiger partial charge is 0.504 e. The van der Waals surface area contributed by atoms with E-state index in [0.717, 1.165) is 23.6 Å². The van der Waals surface area contributed by atoms with Crippen LogP contribution in [-0.2, 0) is 6.42 Å². The van der Waals surface area contributed by atoms with E-state index in [1.54, 1.807) is 19.2 Å². The Morgan fingerprint density at radius 1 is 1.25 bits per heavy atom. The first kappa shape index (κ1) is 13.1. The number of hydrogen-bond acceptors (Lipinski definition) is 3. The molecule has 0 aliphatic heterocycles. The summed E-state index contributed by atoms with van der Waals surface area (Å²) in [5.41, 5.74) is 3.47. The van der Waals surface area contributed by atoms with Crippen LogP contribution in [0.3, 0.4) is 0 Å². The Balaban J connectivity index is 1.82. The third-order valence-corrected chi connectivity index (χ3v) is 3.94. The fourth-order valence-corrected chi connectivity index (χ4v) is 2.91. The lowest BCUT2D eigenvalue weighted by molar-refractivity contribution is 0.373. The molecule has 2 aromatic carbocycles. The lowest BCUT2D eigenvalue weighted by Gasteiger charge is -2.16. The predicted molar refractivity (Wildman–Crippen MR) is 80.8 cm³/mol. The summed E-state index contributed by atoms with van der Waals surface area (Å²) < 4.78 is 5.05. The number of aromatic hydroxyl groups is 1. The molecule has 0 radical (unpaired) electrons. The molecular formula is C16H16ClNO2. The van der Waals surface area contributed by atoms with Crippen molar-refractivity contribution in [2.75, 3.05) is 12.4 Å². The summed E-state index contributed by atoms with van der Waals surface area (Å²) in [5.74, 6) is 0.626. The van der Waals surface area contributed by atoms with E-state index in [2.05, 4.69) is 11.4 Å². The van der Waals surface area contributed by atoms with Crippen LogP contribution in [0.2, 0.25) is 5.02 Å². The number of phenolic OH excluding ortho intramolecular Hbond substituents is 1. The molecule has 0 amide bonds. The number of anilines is 1. The number of aryl methyl sites for hydroxylation is 1. The van der Waals surface area contributed by atoms with Crippen molar-refractivity contribution in [1.29, 1.82) is 0 Å². The monoisotopic (exact) mass is 289 g/mol. The normalized spacial score (nSPS) is 16.8. The Labute approximate surface area is 123 Å². The first-order valence-corrected chi connectivity index (χ1v) is 6.97. The number of halogens is 1. The smallest absolute Gasteiger partial charge is 0.160 e. The van der Waals surface area contributed by atoms with Crippen molar-refractivity contribution >= 4 is 17.3 Å². The van der Waals surface area contributed by atoms with Crippen molar-refractivity contribution in [1.82, 2.24) is 0 Å². The highest BCUT2D eigenvalue weighted by atomic mass is 35.5. The zero-order valence-corrected chi connectivity index (χ0v) is 11.9. The summed E-state index contributed by atoms with van der Waals surface area (Å²) in [6.45, 7) is 0. The van der Waals surface area contributed by atoms with Crippen LogP contribution in [0.25, 0.3) is 0 Å². The van der Waals surface area contributed by atoms with Crippen LogP contribution < -0.4 is 10.1 Å². The van der Waals surface area contributed by atoms with E-state index in [1.807, 2.05) is 18.2 Å². The Hall–Kier alpha value is -1.87. The summed E-state index contributed by atoms with van der Waals surface area (Å²) in [6.07, 6.45) is 2.05. The summed E-state index contributed by atoms with van der Waals surface area (Å²) in [5, 5.41) is 14.0. The van der Waals surface area contributed by atoms with Crippen molar-refractivity contribution in [3.8, 4) is 11.5 Å². The molecule has 1 atom stereocenters. The van der Waals surface area contributed by atoms with E-state index < -0.39 is 0 Å². The number of methoxy groups -OCH3 is 1. The highest BCUT2D eigenvalue weighted by Gasteiger charge is 2.22. The maximum atomic E-state index is 9.81. The van der Waals surface area contributed by atoms with Gasteiger partial charge in [0.1, 0.15) is 0 Å². The van der Waals surface area contributed by atoms with Gasteiger partial charge in [-0.2, -0.15) is 0 Å². The van der Waals surface area contributed by atoms with Gasteiger partial charge in [-0.25, -0.2) is 0 Å². The topological polar surface area (TPSA) is 41.5 Å². The van der Waals surface area contributed by atoms with Gasteiger partial charge in [0.05, 0.1) is 13.2 Å². The van der Waals surface area contributed by atoms with E-state index >= 15 is 0 Å². The van der Waals surface area contributed by atoms with Gasteiger partial charge in [-0.05, 0) is 48.2 Å². The predicted octanol–water partition coefficient (Wildman–Crippen LogP) is 4.15. The molecule has 20 heavy (non-hydrogen) atoms. The molecule has 0 fully saturated rings. The average molecular weight is 290 g/mol. The first-order chi connectivity index (χ1) is 9.67. The minimum atomic E-state index is 0.145. The third kappa shape index (κ3) is 2.41. The van der Waals surface area contributed by atoms with Gasteiger partial charge in [-0.15, -0.1) is 0 Å². The fraction of sp³-hybridized carbons (Fsp3) is 0.250. The van der Waals surface area contributed by atoms with Crippen molar-refractivity contribution < 1.29 is 9.84 Å². The van der Waals surface area contributed by atoms with Crippen LogP contribution in [0.5, 0.6) is 11.5 Å². The zero-order valence-electron chi connectivity index (χ0n) is 11.2. The molecule has 0 saturated heterocycles. The molecule has 104 valence electrons. The van der Waals surface area contributed by atoms with Crippen LogP contribution in [-0.4, -0.2) is 12.2 Å². The second-order valence-corrected chi connectivity index (χ2v) is 5.40. The minimum absolute atomic E-state index is 0.145. The number of nitrogens with one attached hydrogen (secondary N) is 1. The molecule has 2 aromatic rings. The third-order valence-electron chi connectivity index (χ3n) is 3.70. The van der Waals surface area contributed by atoms with Gasteiger partial charge >= 0.3 is 0 Å². The summed E-state index contributed by atoms with van der Waals surface area (Å²) >= 11 is 6.02. The number of benzene rings is 2. The molecule has 0 spiro atoms. The van der Waals surface area contributed by atoms with Crippen molar-refractivity contribution in [2.24, 2.45) is 0 Å². The van der Waals surface area contributed by atoms with E-state index in [4.69, 9.17) is 16.3 Å². The molecule has 1 aliphatic carbocycles. The fourth-order valence-electron chi connectivity index (χ4n) is 2.72. The highest BCUT2D eigenvalue weighted by molar-refractivity contribution is 6.30. The maximum absolute atomic E-state index is 9.81. The molecule has 1 unspecified atom stereocenters. The molecule has 2 N–H and O–H groups in total. The van der Waals surface area contributed by atoms with E-state index in [1.165, 1.54) is 11.1 Å². The molecule has 4 heteroatoms. The highest BCUT2D eigenvalue weighted by Crippen LogP contribution is 2.37. The number of hydrogen-bond donors (Lipinski definition) is 2. The Bertz CT molecular complexity index is 642. The van der Waals surface area contributed by atoms with Crippen LogP contribution >= 0.6 is 11.6 Å². The van der Waals surface area contributed by atoms with Crippen LogP contribution in [0.15, 0.2) is 36.4 Å². The standard InChI is InChI=1S/C16H16ClNO2/c1-20-16-7-4-12(9-15(16)19)18-14-6-2-10-8-11(17)3-5-13(10)14/h3-5,7-9,14,18-19H,2,6H2,1H3. The summed E-state index contributed by atoms with van der Waals surface area (Å²) in [6, 6.07) is 11.6. The SMILES string of the molecule is COc1ccc(NC2CCc3cc(Cl)ccc32)cc1O. The Morgan fingerprint density at radius 2 is 2.10 bits per heavy atom. The van der Waals surface area contributed by atoms with Gasteiger partial charge in [-0.3, -0.25) is 0 Å². The molecule has 0 saturated carbocycles.